The summed E-state index contributed by atoms with van der Waals surface area (Å²) in [6, 6.07) is 6.16. The predicted molar refractivity (Wildman–Crippen MR) is 137 cm³/mol. The standard InChI is InChI=1S/C26H40N6O4/c1-19-13-32(20(2)17-33)26(34)6-5-9-31-15-22(27-28-31)18-36-25(19)16-29(3)14-21-7-8-23-24(12-21)35-11-10-30(23)4/h7-8,12,15,19-20,25,33H,5-6,9-11,13-14,16-18H2,1-4H3/t19-,20-,25+/m1/s1. The number of hydrogen-bond donors (Lipinski definition) is 1. The molecule has 2 aromatic rings. The summed E-state index contributed by atoms with van der Waals surface area (Å²) in [5.41, 5.74) is 3.09. The van der Waals surface area contributed by atoms with E-state index in [-0.39, 0.29) is 30.6 Å². The number of carbonyl (C=O) groups excluding carboxylic acids is 1. The van der Waals surface area contributed by atoms with E-state index in [1.54, 1.807) is 4.68 Å². The van der Waals surface area contributed by atoms with Gasteiger partial charge in [-0.05, 0) is 38.1 Å². The van der Waals surface area contributed by atoms with Crippen LogP contribution >= 0.6 is 0 Å². The zero-order chi connectivity index (χ0) is 25.7. The number of rotatable bonds is 6. The highest BCUT2D eigenvalue weighted by atomic mass is 16.5. The SMILES string of the molecule is C[C@@H]1CN([C@H](C)CO)C(=O)CCCn2cc(nn2)CO[C@H]1CN(C)Cc1ccc2c(c1)OCCN2C. The van der Waals surface area contributed by atoms with Crippen molar-refractivity contribution in [2.75, 3.05) is 51.8 Å². The Morgan fingerprint density at radius 2 is 2.14 bits per heavy atom. The number of amides is 1. The molecule has 0 radical (unpaired) electrons. The lowest BCUT2D eigenvalue weighted by molar-refractivity contribution is -0.136. The zero-order valence-electron chi connectivity index (χ0n) is 22.0. The van der Waals surface area contributed by atoms with Crippen LogP contribution in [0.15, 0.2) is 24.4 Å². The molecule has 3 heterocycles. The van der Waals surface area contributed by atoms with Crippen LogP contribution < -0.4 is 9.64 Å². The maximum Gasteiger partial charge on any atom is 0.222 e. The third kappa shape index (κ3) is 6.54. The Kier molecular flexibility index (Phi) is 8.81. The highest BCUT2D eigenvalue weighted by Crippen LogP contribution is 2.31. The largest absolute Gasteiger partial charge is 0.490 e. The van der Waals surface area contributed by atoms with E-state index in [0.29, 0.717) is 45.7 Å². The summed E-state index contributed by atoms with van der Waals surface area (Å²) in [7, 11) is 4.17. The van der Waals surface area contributed by atoms with Crippen molar-refractivity contribution in [3.8, 4) is 5.75 Å². The second-order valence-electron chi connectivity index (χ2n) is 10.2. The number of benzene rings is 1. The quantitative estimate of drug-likeness (QED) is 0.641. The number of nitrogens with zero attached hydrogens (tertiary/aromatic N) is 6. The molecule has 4 rings (SSSR count). The number of aryl methyl sites for hydroxylation is 1. The van der Waals surface area contributed by atoms with Gasteiger partial charge in [0.15, 0.2) is 0 Å². The lowest BCUT2D eigenvalue weighted by Gasteiger charge is -2.35. The Labute approximate surface area is 213 Å². The Hall–Kier alpha value is -2.69. The van der Waals surface area contributed by atoms with Crippen molar-refractivity contribution in [1.29, 1.82) is 0 Å². The lowest BCUT2D eigenvalue weighted by atomic mass is 10.0. The molecule has 0 fully saturated rings. The molecule has 0 spiro atoms. The molecule has 2 bridgehead atoms. The monoisotopic (exact) mass is 500 g/mol. The molecule has 10 heteroatoms. The maximum absolute atomic E-state index is 13.0. The van der Waals surface area contributed by atoms with Crippen LogP contribution in [-0.4, -0.2) is 94.9 Å². The third-order valence-electron chi connectivity index (χ3n) is 7.11. The molecular formula is C26H40N6O4. The van der Waals surface area contributed by atoms with E-state index in [1.165, 1.54) is 5.56 Å². The van der Waals surface area contributed by atoms with E-state index < -0.39 is 0 Å². The van der Waals surface area contributed by atoms with Gasteiger partial charge in [-0.25, -0.2) is 0 Å². The van der Waals surface area contributed by atoms with Crippen molar-refractivity contribution < 1.29 is 19.4 Å². The van der Waals surface area contributed by atoms with Crippen molar-refractivity contribution in [2.45, 2.75) is 58.5 Å². The van der Waals surface area contributed by atoms with E-state index in [9.17, 15) is 9.90 Å². The fraction of sp³-hybridized carbons (Fsp3) is 0.654. The number of likely N-dealkylation sites (N-methyl/N-ethyl adjacent to an activating group) is 2. The first-order chi connectivity index (χ1) is 17.3. The first kappa shape index (κ1) is 26.4. The van der Waals surface area contributed by atoms with E-state index >= 15 is 0 Å². The van der Waals surface area contributed by atoms with Gasteiger partial charge in [-0.3, -0.25) is 14.4 Å². The molecule has 0 aliphatic carbocycles. The molecule has 0 unspecified atom stereocenters. The summed E-state index contributed by atoms with van der Waals surface area (Å²) in [4.78, 5) is 19.3. The van der Waals surface area contributed by atoms with E-state index in [1.807, 2.05) is 18.0 Å². The number of ether oxygens (including phenoxy) is 2. The van der Waals surface area contributed by atoms with Crippen LogP contribution in [0.1, 0.15) is 37.9 Å². The van der Waals surface area contributed by atoms with Gasteiger partial charge in [0.1, 0.15) is 18.1 Å². The number of carbonyl (C=O) groups is 1. The zero-order valence-corrected chi connectivity index (χ0v) is 22.0. The minimum Gasteiger partial charge on any atom is -0.490 e. The minimum atomic E-state index is -0.241. The van der Waals surface area contributed by atoms with Crippen LogP contribution in [0.2, 0.25) is 0 Å². The molecule has 1 amide bonds. The fourth-order valence-electron chi connectivity index (χ4n) is 4.88. The number of fused-ring (bicyclic) bond motifs is 3. The van der Waals surface area contributed by atoms with Crippen LogP contribution in [0.5, 0.6) is 5.75 Å². The third-order valence-corrected chi connectivity index (χ3v) is 7.11. The summed E-state index contributed by atoms with van der Waals surface area (Å²) in [6.07, 6.45) is 2.85. The lowest BCUT2D eigenvalue weighted by Crippen LogP contribution is -2.47. The Bertz CT molecular complexity index is 1010. The molecule has 198 valence electrons. The summed E-state index contributed by atoms with van der Waals surface area (Å²) >= 11 is 0. The maximum atomic E-state index is 13.0. The first-order valence-corrected chi connectivity index (χ1v) is 12.9. The Morgan fingerprint density at radius 1 is 1.31 bits per heavy atom. The molecule has 1 aromatic heterocycles. The van der Waals surface area contributed by atoms with Gasteiger partial charge < -0.3 is 24.4 Å². The molecule has 1 N–H and O–H groups in total. The van der Waals surface area contributed by atoms with Crippen LogP contribution in [-0.2, 0) is 29.2 Å². The van der Waals surface area contributed by atoms with E-state index in [4.69, 9.17) is 9.47 Å². The fourth-order valence-corrected chi connectivity index (χ4v) is 4.88. The molecular weight excluding hydrogens is 460 g/mol. The second kappa shape index (κ2) is 12.0. The van der Waals surface area contributed by atoms with Crippen LogP contribution in [0, 0.1) is 5.92 Å². The van der Waals surface area contributed by atoms with Gasteiger partial charge in [0.2, 0.25) is 5.91 Å². The first-order valence-electron chi connectivity index (χ1n) is 12.9. The van der Waals surface area contributed by atoms with Crippen molar-refractivity contribution in [3.63, 3.8) is 0 Å². The van der Waals surface area contributed by atoms with Crippen LogP contribution in [0.3, 0.4) is 0 Å². The highest BCUT2D eigenvalue weighted by Gasteiger charge is 2.28. The molecule has 3 atom stereocenters. The molecule has 0 saturated heterocycles. The number of aromatic nitrogens is 3. The van der Waals surface area contributed by atoms with Crippen LogP contribution in [0.25, 0.3) is 0 Å². The normalized spacial score (nSPS) is 22.3. The summed E-state index contributed by atoms with van der Waals surface area (Å²) in [6.45, 7) is 8.49. The molecule has 0 saturated carbocycles. The smallest absolute Gasteiger partial charge is 0.222 e. The van der Waals surface area contributed by atoms with E-state index in [2.05, 4.69) is 59.3 Å². The average molecular weight is 501 g/mol. The molecule has 36 heavy (non-hydrogen) atoms. The second-order valence-corrected chi connectivity index (χ2v) is 10.2. The van der Waals surface area contributed by atoms with Gasteiger partial charge >= 0.3 is 0 Å². The highest BCUT2D eigenvalue weighted by molar-refractivity contribution is 5.76. The van der Waals surface area contributed by atoms with Crippen LogP contribution in [0.4, 0.5) is 5.69 Å². The molecule has 1 aromatic carbocycles. The van der Waals surface area contributed by atoms with Gasteiger partial charge in [0.25, 0.3) is 0 Å². The summed E-state index contributed by atoms with van der Waals surface area (Å²) in [5, 5.41) is 18.2. The average Bonchev–Trinajstić information content (AvgIpc) is 3.31. The summed E-state index contributed by atoms with van der Waals surface area (Å²) < 4.78 is 14.0. The van der Waals surface area contributed by atoms with E-state index in [0.717, 1.165) is 30.2 Å². The number of aliphatic hydroxyl groups excluding tert-OH is 1. The van der Waals surface area contributed by atoms with Crippen molar-refractivity contribution in [3.05, 3.63) is 35.7 Å². The van der Waals surface area contributed by atoms with Crippen molar-refractivity contribution in [2.24, 2.45) is 5.92 Å². The van der Waals surface area contributed by atoms with Crippen molar-refractivity contribution >= 4 is 11.6 Å². The van der Waals surface area contributed by atoms with Gasteiger partial charge in [0, 0.05) is 45.6 Å². The van der Waals surface area contributed by atoms with Gasteiger partial charge in [-0.2, -0.15) is 0 Å². The summed E-state index contributed by atoms with van der Waals surface area (Å²) in [5.74, 6) is 1.03. The van der Waals surface area contributed by atoms with Gasteiger partial charge in [-0.1, -0.05) is 18.2 Å². The minimum absolute atomic E-state index is 0.0501. The molecule has 2 aliphatic rings. The van der Waals surface area contributed by atoms with Gasteiger partial charge in [-0.15, -0.1) is 5.10 Å². The number of anilines is 1. The topological polar surface area (TPSA) is 96.2 Å². The van der Waals surface area contributed by atoms with Gasteiger partial charge in [0.05, 0.1) is 43.8 Å². The molecule has 2 aliphatic heterocycles. The Balaban J connectivity index is 1.48. The predicted octanol–water partition coefficient (Wildman–Crippen LogP) is 1.76. The van der Waals surface area contributed by atoms with Crippen molar-refractivity contribution in [1.82, 2.24) is 24.8 Å². The Morgan fingerprint density at radius 3 is 2.94 bits per heavy atom. The molecule has 10 nitrogen and oxygen atoms in total. The number of aliphatic hydroxyl groups is 1. The number of hydrogen-bond acceptors (Lipinski definition) is 8.